The Morgan fingerprint density at radius 3 is 2.31 bits per heavy atom. The standard InChI is InChI=1S/C7H6F3N3O2.ClH/c8-7(9,10)4-2-1-3-5(13(14)15)6(4)12-11;/h1-3,12H,11H2;1H. The molecule has 0 atom stereocenters. The van der Waals surface area contributed by atoms with Crippen LogP contribution in [0.3, 0.4) is 0 Å². The van der Waals surface area contributed by atoms with E-state index in [0.29, 0.717) is 6.07 Å². The molecule has 0 spiro atoms. The Morgan fingerprint density at radius 1 is 1.38 bits per heavy atom. The van der Waals surface area contributed by atoms with Crippen LogP contribution in [0.15, 0.2) is 18.2 Å². The number of nitrogen functional groups attached to an aromatic ring is 1. The number of hydrogen-bond acceptors (Lipinski definition) is 4. The summed E-state index contributed by atoms with van der Waals surface area (Å²) >= 11 is 0. The lowest BCUT2D eigenvalue weighted by Gasteiger charge is -2.11. The molecule has 16 heavy (non-hydrogen) atoms. The summed E-state index contributed by atoms with van der Waals surface area (Å²) in [7, 11) is 0. The predicted molar refractivity (Wildman–Crippen MR) is 53.2 cm³/mol. The van der Waals surface area contributed by atoms with E-state index in [0.717, 1.165) is 12.1 Å². The summed E-state index contributed by atoms with van der Waals surface area (Å²) in [6.07, 6.45) is -4.69. The van der Waals surface area contributed by atoms with Crippen LogP contribution in [0.1, 0.15) is 5.56 Å². The number of anilines is 1. The topological polar surface area (TPSA) is 81.2 Å². The van der Waals surface area contributed by atoms with E-state index in [1.807, 2.05) is 0 Å². The van der Waals surface area contributed by atoms with Gasteiger partial charge < -0.3 is 5.43 Å². The van der Waals surface area contributed by atoms with E-state index in [4.69, 9.17) is 5.84 Å². The Morgan fingerprint density at radius 2 is 1.94 bits per heavy atom. The fourth-order valence-corrected chi connectivity index (χ4v) is 1.08. The zero-order chi connectivity index (χ0) is 11.6. The van der Waals surface area contributed by atoms with Crippen LogP contribution in [0.2, 0.25) is 0 Å². The molecule has 1 aromatic rings. The van der Waals surface area contributed by atoms with Gasteiger partial charge in [-0.15, -0.1) is 12.4 Å². The lowest BCUT2D eigenvalue weighted by Crippen LogP contribution is -2.16. The van der Waals surface area contributed by atoms with Gasteiger partial charge in [0.05, 0.1) is 10.5 Å². The van der Waals surface area contributed by atoms with Crippen molar-refractivity contribution in [3.05, 3.63) is 33.9 Å². The highest BCUT2D eigenvalue weighted by Gasteiger charge is 2.36. The number of nitro groups is 1. The summed E-state index contributed by atoms with van der Waals surface area (Å²) in [6.45, 7) is 0. The molecule has 90 valence electrons. The van der Waals surface area contributed by atoms with Gasteiger partial charge in [-0.25, -0.2) is 0 Å². The van der Waals surface area contributed by atoms with Gasteiger partial charge in [-0.2, -0.15) is 13.2 Å². The molecule has 0 aliphatic heterocycles. The van der Waals surface area contributed by atoms with Crippen molar-refractivity contribution in [3.8, 4) is 0 Å². The molecule has 0 bridgehead atoms. The molecule has 0 amide bonds. The van der Waals surface area contributed by atoms with Crippen LogP contribution in [-0.4, -0.2) is 4.92 Å². The third-order valence-electron chi connectivity index (χ3n) is 1.69. The number of alkyl halides is 3. The average Bonchev–Trinajstić information content (AvgIpc) is 2.15. The number of hydrazine groups is 1. The van der Waals surface area contributed by atoms with Crippen molar-refractivity contribution >= 4 is 23.8 Å². The first-order valence-corrected chi connectivity index (χ1v) is 3.69. The predicted octanol–water partition coefficient (Wildman–Crippen LogP) is 2.32. The lowest BCUT2D eigenvalue weighted by molar-refractivity contribution is -0.384. The first-order chi connectivity index (χ1) is 6.88. The first kappa shape index (κ1) is 14.5. The Bertz CT molecular complexity index is 397. The summed E-state index contributed by atoms with van der Waals surface area (Å²) in [6, 6.07) is 2.59. The smallest absolute Gasteiger partial charge is 0.318 e. The quantitative estimate of drug-likeness (QED) is 0.484. The lowest BCUT2D eigenvalue weighted by atomic mass is 10.1. The fourth-order valence-electron chi connectivity index (χ4n) is 1.08. The fraction of sp³-hybridized carbons (Fsp3) is 0.143. The Labute approximate surface area is 94.0 Å². The molecule has 1 aromatic carbocycles. The van der Waals surface area contributed by atoms with Crippen LogP contribution in [0, 0.1) is 10.1 Å². The number of nitrogens with one attached hydrogen (secondary N) is 1. The molecule has 0 aliphatic rings. The molecule has 5 nitrogen and oxygen atoms in total. The van der Waals surface area contributed by atoms with Crippen molar-refractivity contribution < 1.29 is 18.1 Å². The van der Waals surface area contributed by atoms with Gasteiger partial charge in [-0.05, 0) is 6.07 Å². The molecule has 9 heteroatoms. The normalized spacial score (nSPS) is 10.5. The minimum atomic E-state index is -4.69. The second kappa shape index (κ2) is 4.99. The second-order valence-corrected chi connectivity index (χ2v) is 2.60. The minimum Gasteiger partial charge on any atom is -0.318 e. The van der Waals surface area contributed by atoms with Gasteiger partial charge in [0.2, 0.25) is 0 Å². The molecule has 0 fully saturated rings. The molecule has 0 aromatic heterocycles. The van der Waals surface area contributed by atoms with Crippen molar-refractivity contribution in [1.29, 1.82) is 0 Å². The molecular weight excluding hydrogens is 251 g/mol. The number of rotatable bonds is 2. The van der Waals surface area contributed by atoms with Gasteiger partial charge >= 0.3 is 6.18 Å². The van der Waals surface area contributed by atoms with Crippen LogP contribution >= 0.6 is 12.4 Å². The zero-order valence-electron chi connectivity index (χ0n) is 7.62. The van der Waals surface area contributed by atoms with Crippen LogP contribution < -0.4 is 11.3 Å². The molecule has 0 saturated heterocycles. The Balaban J connectivity index is 0.00000225. The summed E-state index contributed by atoms with van der Waals surface area (Å²) in [5.74, 6) is 4.83. The highest BCUT2D eigenvalue weighted by Crippen LogP contribution is 2.38. The largest absolute Gasteiger partial charge is 0.418 e. The van der Waals surface area contributed by atoms with E-state index in [1.165, 1.54) is 0 Å². The molecule has 0 radical (unpaired) electrons. The highest BCUT2D eigenvalue weighted by molar-refractivity contribution is 5.85. The van der Waals surface area contributed by atoms with Crippen molar-refractivity contribution in [3.63, 3.8) is 0 Å². The number of halogens is 4. The number of para-hydroxylation sites is 1. The van der Waals surface area contributed by atoms with Crippen molar-refractivity contribution in [2.24, 2.45) is 5.84 Å². The maximum absolute atomic E-state index is 12.4. The number of nitrogens with zero attached hydrogens (tertiary/aromatic N) is 1. The number of hydrogen-bond donors (Lipinski definition) is 2. The SMILES string of the molecule is Cl.NNc1c([N+](=O)[O-])cccc1C(F)(F)F. The average molecular weight is 258 g/mol. The summed E-state index contributed by atoms with van der Waals surface area (Å²) < 4.78 is 37.1. The van der Waals surface area contributed by atoms with E-state index in [1.54, 1.807) is 5.43 Å². The molecule has 0 saturated carbocycles. The number of nitro benzene ring substituents is 1. The van der Waals surface area contributed by atoms with Crippen molar-refractivity contribution in [2.45, 2.75) is 6.18 Å². The van der Waals surface area contributed by atoms with Crippen molar-refractivity contribution in [2.75, 3.05) is 5.43 Å². The third-order valence-corrected chi connectivity index (χ3v) is 1.69. The molecule has 1 rings (SSSR count). The maximum Gasteiger partial charge on any atom is 0.418 e. The minimum absolute atomic E-state index is 0. The van der Waals surface area contributed by atoms with Crippen LogP contribution in [0.25, 0.3) is 0 Å². The van der Waals surface area contributed by atoms with Gasteiger partial charge in [0.15, 0.2) is 0 Å². The zero-order valence-corrected chi connectivity index (χ0v) is 8.43. The van der Waals surface area contributed by atoms with Crippen LogP contribution in [-0.2, 0) is 6.18 Å². The molecular formula is C7H7ClF3N3O2. The van der Waals surface area contributed by atoms with Gasteiger partial charge in [0, 0.05) is 6.07 Å². The van der Waals surface area contributed by atoms with E-state index in [-0.39, 0.29) is 12.4 Å². The van der Waals surface area contributed by atoms with Gasteiger partial charge in [-0.1, -0.05) is 6.07 Å². The summed E-state index contributed by atoms with van der Waals surface area (Å²) in [4.78, 5) is 9.46. The van der Waals surface area contributed by atoms with E-state index in [2.05, 4.69) is 0 Å². The second-order valence-electron chi connectivity index (χ2n) is 2.60. The highest BCUT2D eigenvalue weighted by atomic mass is 35.5. The summed E-state index contributed by atoms with van der Waals surface area (Å²) in [5.41, 5.74) is -0.933. The van der Waals surface area contributed by atoms with E-state index >= 15 is 0 Å². The Kier molecular flexibility index (Phi) is 4.51. The van der Waals surface area contributed by atoms with Crippen LogP contribution in [0.5, 0.6) is 0 Å². The molecule has 0 unspecified atom stereocenters. The Hall–Kier alpha value is -1.54. The van der Waals surface area contributed by atoms with E-state index < -0.39 is 28.0 Å². The number of benzene rings is 1. The van der Waals surface area contributed by atoms with Crippen LogP contribution in [0.4, 0.5) is 24.5 Å². The van der Waals surface area contributed by atoms with E-state index in [9.17, 15) is 23.3 Å². The van der Waals surface area contributed by atoms with Gasteiger partial charge in [0.25, 0.3) is 5.69 Å². The van der Waals surface area contributed by atoms with Gasteiger partial charge in [-0.3, -0.25) is 16.0 Å². The van der Waals surface area contributed by atoms with Crippen molar-refractivity contribution in [1.82, 2.24) is 0 Å². The molecule has 3 N–H and O–H groups in total. The van der Waals surface area contributed by atoms with Gasteiger partial charge in [0.1, 0.15) is 5.69 Å². The maximum atomic E-state index is 12.4. The monoisotopic (exact) mass is 257 g/mol. The summed E-state index contributed by atoms with van der Waals surface area (Å²) in [5, 5.41) is 10.4. The molecule has 0 aliphatic carbocycles. The molecule has 0 heterocycles. The first-order valence-electron chi connectivity index (χ1n) is 3.69. The third kappa shape index (κ3) is 2.74. The number of nitrogens with two attached hydrogens (primary N) is 1.